The van der Waals surface area contributed by atoms with Crippen LogP contribution in [0.2, 0.25) is 0 Å². The molecule has 162 valence electrons. The lowest BCUT2D eigenvalue weighted by Crippen LogP contribution is -2.66. The van der Waals surface area contributed by atoms with Crippen LogP contribution in [-0.4, -0.2) is 48.2 Å². The molecule has 4 saturated carbocycles. The minimum atomic E-state index is -1.09. The van der Waals surface area contributed by atoms with Gasteiger partial charge in [0.1, 0.15) is 25.1 Å². The Labute approximate surface area is 173 Å². The zero-order valence-electron chi connectivity index (χ0n) is 17.9. The molecule has 4 aliphatic carbocycles. The number of nitrogens with zero attached hydrogens (tertiary/aromatic N) is 2. The van der Waals surface area contributed by atoms with Crippen molar-refractivity contribution in [3.8, 4) is 0 Å². The molecular formula is C22H35N3O4. The molecule has 0 radical (unpaired) electrons. The predicted molar refractivity (Wildman–Crippen MR) is 110 cm³/mol. The van der Waals surface area contributed by atoms with Gasteiger partial charge < -0.3 is 20.5 Å². The lowest BCUT2D eigenvalue weighted by atomic mass is 9.43. The summed E-state index contributed by atoms with van der Waals surface area (Å²) in [6.45, 7) is 5.17. The largest absolute Gasteiger partial charge is 0.399 e. The predicted octanol–water partition coefficient (Wildman–Crippen LogP) is 2.66. The van der Waals surface area contributed by atoms with Crippen molar-refractivity contribution in [1.82, 2.24) is 0 Å². The molecule has 0 aromatic carbocycles. The summed E-state index contributed by atoms with van der Waals surface area (Å²) in [6.07, 6.45) is 6.31. The van der Waals surface area contributed by atoms with Crippen molar-refractivity contribution in [2.75, 3.05) is 20.3 Å². The van der Waals surface area contributed by atoms with Crippen LogP contribution in [0.5, 0.6) is 0 Å². The topological polar surface area (TPSA) is 106 Å². The van der Waals surface area contributed by atoms with Gasteiger partial charge in [-0.05, 0) is 56.3 Å². The maximum Gasteiger partial charge on any atom is 0.139 e. The van der Waals surface area contributed by atoms with Crippen LogP contribution in [0.15, 0.2) is 10.3 Å². The maximum atomic E-state index is 12.7. The van der Waals surface area contributed by atoms with Crippen LogP contribution in [0.3, 0.4) is 0 Å². The number of aliphatic hydroxyl groups is 1. The third kappa shape index (κ3) is 2.95. The SMILES string of the molecule is CO/N=C1\C[C@H]2[C@@H]3CCC(=O)[C@@]3(C)CC[C@@H]2[C@@]2(C)CC/C(=N/OCCN)C[C@]12O. The van der Waals surface area contributed by atoms with E-state index in [1.807, 2.05) is 0 Å². The molecule has 7 heteroatoms. The molecule has 0 spiro atoms. The van der Waals surface area contributed by atoms with Gasteiger partial charge in [-0.15, -0.1) is 0 Å². The quantitative estimate of drug-likeness (QED) is 0.552. The molecule has 0 aliphatic heterocycles. The van der Waals surface area contributed by atoms with E-state index in [0.717, 1.165) is 37.8 Å². The van der Waals surface area contributed by atoms with Gasteiger partial charge in [0.25, 0.3) is 0 Å². The number of carbonyl (C=O) groups is 1. The van der Waals surface area contributed by atoms with Gasteiger partial charge in [0, 0.05) is 30.2 Å². The minimum Gasteiger partial charge on any atom is -0.399 e. The number of ketones is 1. The molecule has 3 N–H and O–H groups in total. The highest BCUT2D eigenvalue weighted by Gasteiger charge is 2.66. The summed E-state index contributed by atoms with van der Waals surface area (Å²) >= 11 is 0. The number of fused-ring (bicyclic) bond motifs is 5. The Morgan fingerprint density at radius 1 is 1.17 bits per heavy atom. The summed E-state index contributed by atoms with van der Waals surface area (Å²) in [5, 5.41) is 20.6. The molecule has 0 aromatic rings. The Morgan fingerprint density at radius 3 is 2.69 bits per heavy atom. The first-order chi connectivity index (χ1) is 13.8. The van der Waals surface area contributed by atoms with Crippen molar-refractivity contribution in [1.29, 1.82) is 0 Å². The number of nitrogens with two attached hydrogens (primary N) is 1. The average Bonchev–Trinajstić information content (AvgIpc) is 2.99. The number of Topliss-reactive ketones (excluding diaryl/α,β-unsaturated/α-hetero) is 1. The summed E-state index contributed by atoms with van der Waals surface area (Å²) in [5.74, 6) is 1.54. The third-order valence-corrected chi connectivity index (χ3v) is 8.81. The van der Waals surface area contributed by atoms with E-state index in [2.05, 4.69) is 24.2 Å². The van der Waals surface area contributed by atoms with E-state index in [1.54, 1.807) is 0 Å². The summed E-state index contributed by atoms with van der Waals surface area (Å²) in [6, 6.07) is 0. The average molecular weight is 406 g/mol. The van der Waals surface area contributed by atoms with E-state index in [1.165, 1.54) is 7.11 Å². The Bertz CT molecular complexity index is 738. The van der Waals surface area contributed by atoms with Crippen LogP contribution in [0.4, 0.5) is 0 Å². The number of hydrogen-bond donors (Lipinski definition) is 2. The van der Waals surface area contributed by atoms with Gasteiger partial charge in [0.2, 0.25) is 0 Å². The van der Waals surface area contributed by atoms with Crippen LogP contribution in [0.25, 0.3) is 0 Å². The highest BCUT2D eigenvalue weighted by molar-refractivity contribution is 6.01. The molecule has 0 amide bonds. The number of rotatable bonds is 4. The van der Waals surface area contributed by atoms with Gasteiger partial charge in [-0.1, -0.05) is 24.2 Å². The van der Waals surface area contributed by atoms with Crippen molar-refractivity contribution in [2.45, 2.75) is 70.8 Å². The zero-order chi connectivity index (χ0) is 20.9. The fourth-order valence-corrected chi connectivity index (χ4v) is 7.14. The maximum absolute atomic E-state index is 12.7. The number of carbonyl (C=O) groups excluding carboxylic acids is 1. The monoisotopic (exact) mass is 405 g/mol. The highest BCUT2D eigenvalue weighted by atomic mass is 16.6. The third-order valence-electron chi connectivity index (χ3n) is 8.81. The molecule has 0 saturated heterocycles. The molecule has 4 fully saturated rings. The molecule has 0 bridgehead atoms. The Kier molecular flexibility index (Phi) is 5.26. The van der Waals surface area contributed by atoms with E-state index < -0.39 is 5.60 Å². The van der Waals surface area contributed by atoms with E-state index in [0.29, 0.717) is 61.7 Å². The van der Waals surface area contributed by atoms with Gasteiger partial charge in [-0.2, -0.15) is 0 Å². The second-order valence-electron chi connectivity index (χ2n) is 9.95. The van der Waals surface area contributed by atoms with Crippen LogP contribution < -0.4 is 5.73 Å². The lowest BCUT2D eigenvalue weighted by Gasteiger charge is -2.62. The molecule has 0 unspecified atom stereocenters. The Hall–Kier alpha value is -1.47. The first-order valence-electron chi connectivity index (χ1n) is 11.0. The molecule has 6 atom stereocenters. The van der Waals surface area contributed by atoms with Crippen molar-refractivity contribution >= 4 is 17.2 Å². The van der Waals surface area contributed by atoms with Crippen LogP contribution in [0, 0.1) is 28.6 Å². The van der Waals surface area contributed by atoms with Gasteiger partial charge in [-0.3, -0.25) is 4.79 Å². The second kappa shape index (κ2) is 7.34. The smallest absolute Gasteiger partial charge is 0.139 e. The first-order valence-corrected chi connectivity index (χ1v) is 11.0. The number of hydrogen-bond acceptors (Lipinski definition) is 7. The van der Waals surface area contributed by atoms with Crippen molar-refractivity contribution in [3.05, 3.63) is 0 Å². The van der Waals surface area contributed by atoms with E-state index in [-0.39, 0.29) is 10.8 Å². The molecule has 29 heavy (non-hydrogen) atoms. The minimum absolute atomic E-state index is 0.206. The Morgan fingerprint density at radius 2 is 1.97 bits per heavy atom. The van der Waals surface area contributed by atoms with Gasteiger partial charge in [-0.25, -0.2) is 0 Å². The van der Waals surface area contributed by atoms with Gasteiger partial charge in [0.15, 0.2) is 0 Å². The van der Waals surface area contributed by atoms with Crippen LogP contribution in [-0.2, 0) is 14.5 Å². The van der Waals surface area contributed by atoms with E-state index in [9.17, 15) is 9.90 Å². The highest BCUT2D eigenvalue weighted by Crippen LogP contribution is 2.65. The van der Waals surface area contributed by atoms with Gasteiger partial charge >= 0.3 is 0 Å². The fraction of sp³-hybridized carbons (Fsp3) is 0.864. The second-order valence-corrected chi connectivity index (χ2v) is 9.95. The fourth-order valence-electron chi connectivity index (χ4n) is 7.14. The van der Waals surface area contributed by atoms with Crippen LogP contribution in [0.1, 0.15) is 65.2 Å². The Balaban J connectivity index is 1.69. The molecule has 0 heterocycles. The van der Waals surface area contributed by atoms with Crippen molar-refractivity contribution in [3.63, 3.8) is 0 Å². The molecule has 4 rings (SSSR count). The normalized spacial score (nSPS) is 46.9. The van der Waals surface area contributed by atoms with E-state index >= 15 is 0 Å². The number of oxime groups is 2. The summed E-state index contributed by atoms with van der Waals surface area (Å²) in [4.78, 5) is 23.2. The molecule has 4 aliphatic rings. The summed E-state index contributed by atoms with van der Waals surface area (Å²) in [7, 11) is 1.53. The van der Waals surface area contributed by atoms with Crippen molar-refractivity contribution < 1.29 is 19.6 Å². The van der Waals surface area contributed by atoms with Crippen LogP contribution >= 0.6 is 0 Å². The zero-order valence-corrected chi connectivity index (χ0v) is 17.9. The standard InChI is InChI=1S/C22H35N3O4/c1-20-8-7-17-15(16(20)4-5-19(20)26)12-18(25-28-3)22(27)13-14(24-29-11-10-23)6-9-21(17,22)2/h15-17,27H,4-13,23H2,1-3H3/b24-14-,25-18+/t15-,16-,17-,20-,21+,22-/m0/s1. The lowest BCUT2D eigenvalue weighted by molar-refractivity contribution is -0.146. The molecule has 0 aromatic heterocycles. The van der Waals surface area contributed by atoms with E-state index in [4.69, 9.17) is 15.4 Å². The summed E-state index contributed by atoms with van der Waals surface area (Å²) < 4.78 is 0. The van der Waals surface area contributed by atoms with Gasteiger partial charge in [0.05, 0.1) is 11.4 Å². The summed E-state index contributed by atoms with van der Waals surface area (Å²) in [5.41, 5.74) is 5.45. The molecular weight excluding hydrogens is 370 g/mol. The first kappa shape index (κ1) is 20.8. The van der Waals surface area contributed by atoms with Crippen molar-refractivity contribution in [2.24, 2.45) is 44.6 Å². The molecule has 7 nitrogen and oxygen atoms in total.